The van der Waals surface area contributed by atoms with Crippen LogP contribution in [0.5, 0.6) is 0 Å². The molecule has 0 unspecified atom stereocenters. The van der Waals surface area contributed by atoms with E-state index < -0.39 is 0 Å². The van der Waals surface area contributed by atoms with Crippen LogP contribution in [-0.2, 0) is 6.54 Å². The molecule has 0 N–H and O–H groups in total. The highest BCUT2D eigenvalue weighted by molar-refractivity contribution is 7.11. The van der Waals surface area contributed by atoms with Crippen LogP contribution in [0.4, 0.5) is 5.95 Å². The van der Waals surface area contributed by atoms with E-state index in [0.717, 1.165) is 25.6 Å². The van der Waals surface area contributed by atoms with E-state index in [0.29, 0.717) is 5.41 Å². The number of likely N-dealkylation sites (tertiary alicyclic amines) is 1. The van der Waals surface area contributed by atoms with Crippen molar-refractivity contribution in [1.82, 2.24) is 14.9 Å². The van der Waals surface area contributed by atoms with Crippen molar-refractivity contribution in [3.05, 3.63) is 40.3 Å². The summed E-state index contributed by atoms with van der Waals surface area (Å²) in [6.45, 7) is 8.04. The number of hydrogen-bond donors (Lipinski definition) is 0. The van der Waals surface area contributed by atoms with Crippen LogP contribution in [0.25, 0.3) is 0 Å². The Bertz CT molecular complexity index is 651. The second-order valence-corrected chi connectivity index (χ2v) is 8.70. The first kappa shape index (κ1) is 16.0. The Kier molecular flexibility index (Phi) is 4.55. The van der Waals surface area contributed by atoms with Crippen molar-refractivity contribution in [2.75, 3.05) is 31.1 Å². The van der Waals surface area contributed by atoms with Crippen molar-refractivity contribution in [2.45, 2.75) is 39.2 Å². The van der Waals surface area contributed by atoms with Gasteiger partial charge in [-0.25, -0.2) is 9.97 Å². The molecule has 0 amide bonds. The summed E-state index contributed by atoms with van der Waals surface area (Å²) < 4.78 is 0. The lowest BCUT2D eigenvalue weighted by Crippen LogP contribution is -2.47. The fourth-order valence-electron chi connectivity index (χ4n) is 4.11. The lowest BCUT2D eigenvalue weighted by Gasteiger charge is -2.46. The molecule has 2 aromatic rings. The number of anilines is 1. The smallest absolute Gasteiger partial charge is 0.225 e. The summed E-state index contributed by atoms with van der Waals surface area (Å²) in [7, 11) is 0. The molecule has 2 aromatic heterocycles. The highest BCUT2D eigenvalue weighted by Gasteiger charge is 2.37. The van der Waals surface area contributed by atoms with Crippen molar-refractivity contribution in [3.8, 4) is 0 Å². The first-order valence-electron chi connectivity index (χ1n) is 9.02. The summed E-state index contributed by atoms with van der Waals surface area (Å²) in [5.74, 6) is 0.901. The van der Waals surface area contributed by atoms with Gasteiger partial charge in [0.05, 0.1) is 0 Å². The van der Waals surface area contributed by atoms with Crippen LogP contribution in [0.15, 0.2) is 30.6 Å². The molecule has 0 bridgehead atoms. The normalized spacial score (nSPS) is 21.3. The first-order valence-corrected chi connectivity index (χ1v) is 9.84. The minimum absolute atomic E-state index is 0.563. The van der Waals surface area contributed by atoms with E-state index in [2.05, 4.69) is 38.8 Å². The quantitative estimate of drug-likeness (QED) is 0.851. The van der Waals surface area contributed by atoms with Crippen LogP contribution >= 0.6 is 11.3 Å². The third-order valence-corrected chi connectivity index (χ3v) is 6.74. The highest BCUT2D eigenvalue weighted by Crippen LogP contribution is 2.42. The van der Waals surface area contributed by atoms with Crippen LogP contribution in [0, 0.1) is 12.3 Å². The summed E-state index contributed by atoms with van der Waals surface area (Å²) >= 11 is 1.94. The number of hydrogen-bond acceptors (Lipinski definition) is 5. The molecule has 2 fully saturated rings. The van der Waals surface area contributed by atoms with Crippen LogP contribution in [0.2, 0.25) is 0 Å². The largest absolute Gasteiger partial charge is 0.341 e. The second-order valence-electron chi connectivity index (χ2n) is 7.32. The fraction of sp³-hybridized carbons (Fsp3) is 0.579. The summed E-state index contributed by atoms with van der Waals surface area (Å²) in [5.41, 5.74) is 0.563. The molecule has 0 aromatic carbocycles. The van der Waals surface area contributed by atoms with Gasteiger partial charge in [-0.05, 0) is 69.3 Å². The fourth-order valence-corrected chi connectivity index (χ4v) is 5.04. The zero-order chi connectivity index (χ0) is 16.4. The number of nitrogens with zero attached hydrogens (tertiary/aromatic N) is 4. The molecule has 2 saturated heterocycles. The SMILES string of the molecule is Cc1ccc(CN2CCC3(CC2)CCN(c2ncccn2)CC3)s1. The lowest BCUT2D eigenvalue weighted by atomic mass is 9.71. The number of aryl methyl sites for hydroxylation is 1. The minimum Gasteiger partial charge on any atom is -0.341 e. The van der Waals surface area contributed by atoms with Crippen molar-refractivity contribution in [3.63, 3.8) is 0 Å². The first-order chi connectivity index (χ1) is 11.7. The molecule has 4 nitrogen and oxygen atoms in total. The van der Waals surface area contributed by atoms with Gasteiger partial charge >= 0.3 is 0 Å². The summed E-state index contributed by atoms with van der Waals surface area (Å²) in [6, 6.07) is 6.43. The molecular formula is C19H26N4S. The van der Waals surface area contributed by atoms with Crippen molar-refractivity contribution in [1.29, 1.82) is 0 Å². The van der Waals surface area contributed by atoms with Gasteiger partial charge in [0, 0.05) is 41.8 Å². The van der Waals surface area contributed by atoms with Gasteiger partial charge in [0.25, 0.3) is 0 Å². The molecule has 5 heteroatoms. The van der Waals surface area contributed by atoms with Crippen molar-refractivity contribution in [2.24, 2.45) is 5.41 Å². The Labute approximate surface area is 148 Å². The molecule has 4 rings (SSSR count). The molecule has 2 aliphatic rings. The second kappa shape index (κ2) is 6.81. The van der Waals surface area contributed by atoms with E-state index in [4.69, 9.17) is 0 Å². The monoisotopic (exact) mass is 342 g/mol. The maximum absolute atomic E-state index is 4.40. The van der Waals surface area contributed by atoms with E-state index in [-0.39, 0.29) is 0 Å². The molecule has 1 spiro atoms. The molecule has 0 saturated carbocycles. The third-order valence-electron chi connectivity index (χ3n) is 5.75. The molecule has 24 heavy (non-hydrogen) atoms. The molecule has 0 atom stereocenters. The standard InChI is InChI=1S/C19H26N4S/c1-16-3-4-17(24-16)15-22-11-5-19(6-12-22)7-13-23(14-8-19)18-20-9-2-10-21-18/h2-4,9-10H,5-8,11-15H2,1H3. The average Bonchev–Trinajstić information content (AvgIpc) is 3.04. The van der Waals surface area contributed by atoms with Crippen LogP contribution < -0.4 is 4.90 Å². The topological polar surface area (TPSA) is 32.3 Å². The van der Waals surface area contributed by atoms with E-state index >= 15 is 0 Å². The molecular weight excluding hydrogens is 316 g/mol. The Balaban J connectivity index is 1.30. The maximum atomic E-state index is 4.40. The maximum Gasteiger partial charge on any atom is 0.225 e. The minimum atomic E-state index is 0.563. The van der Waals surface area contributed by atoms with E-state index in [1.165, 1.54) is 48.5 Å². The molecule has 0 aliphatic carbocycles. The number of piperidine rings is 2. The molecule has 2 aliphatic heterocycles. The average molecular weight is 343 g/mol. The van der Waals surface area contributed by atoms with E-state index in [1.54, 1.807) is 0 Å². The molecule has 4 heterocycles. The molecule has 0 radical (unpaired) electrons. The lowest BCUT2D eigenvalue weighted by molar-refractivity contribution is 0.0761. The summed E-state index contributed by atoms with van der Waals surface area (Å²) in [5, 5.41) is 0. The van der Waals surface area contributed by atoms with Gasteiger partial charge in [0.15, 0.2) is 0 Å². The van der Waals surface area contributed by atoms with Gasteiger partial charge in [-0.15, -0.1) is 11.3 Å². The van der Waals surface area contributed by atoms with Crippen LogP contribution in [0.1, 0.15) is 35.4 Å². The van der Waals surface area contributed by atoms with Gasteiger partial charge in [-0.3, -0.25) is 4.90 Å². The van der Waals surface area contributed by atoms with Gasteiger partial charge in [-0.2, -0.15) is 0 Å². The molecule has 128 valence electrons. The van der Waals surface area contributed by atoms with E-state index in [1.807, 2.05) is 29.8 Å². The van der Waals surface area contributed by atoms with Gasteiger partial charge in [0.2, 0.25) is 5.95 Å². The Morgan fingerprint density at radius 1 is 1.00 bits per heavy atom. The van der Waals surface area contributed by atoms with Gasteiger partial charge < -0.3 is 4.90 Å². The Morgan fingerprint density at radius 2 is 1.67 bits per heavy atom. The number of thiophene rings is 1. The Hall–Kier alpha value is -1.46. The summed E-state index contributed by atoms with van der Waals surface area (Å²) in [4.78, 5) is 16.7. The highest BCUT2D eigenvalue weighted by atomic mass is 32.1. The van der Waals surface area contributed by atoms with Crippen LogP contribution in [0.3, 0.4) is 0 Å². The van der Waals surface area contributed by atoms with Gasteiger partial charge in [0.1, 0.15) is 0 Å². The van der Waals surface area contributed by atoms with Crippen molar-refractivity contribution < 1.29 is 0 Å². The predicted molar refractivity (Wildman–Crippen MR) is 99.5 cm³/mol. The van der Waals surface area contributed by atoms with E-state index in [9.17, 15) is 0 Å². The zero-order valence-corrected chi connectivity index (χ0v) is 15.3. The van der Waals surface area contributed by atoms with Crippen molar-refractivity contribution >= 4 is 17.3 Å². The van der Waals surface area contributed by atoms with Gasteiger partial charge in [-0.1, -0.05) is 0 Å². The third kappa shape index (κ3) is 3.47. The predicted octanol–water partition coefficient (Wildman–Crippen LogP) is 3.73. The Morgan fingerprint density at radius 3 is 2.29 bits per heavy atom. The zero-order valence-electron chi connectivity index (χ0n) is 14.4. The van der Waals surface area contributed by atoms with Crippen LogP contribution in [-0.4, -0.2) is 41.0 Å². The summed E-state index contributed by atoms with van der Waals surface area (Å²) in [6.07, 6.45) is 8.96. The number of aromatic nitrogens is 2. The number of rotatable bonds is 3.